The Hall–Kier alpha value is -2.82. The summed E-state index contributed by atoms with van der Waals surface area (Å²) < 4.78 is 5.10. The first-order chi connectivity index (χ1) is 11.6. The molecule has 0 aliphatic heterocycles. The SMILES string of the molecule is CCN(Cc1ccccc1)C(=O)CNC(=O)c1cccc(OC)c1. The number of carbonyl (C=O) groups excluding carboxylic acids is 2. The normalized spacial score (nSPS) is 10.1. The number of ether oxygens (including phenoxy) is 1. The van der Waals surface area contributed by atoms with Crippen LogP contribution in [0.4, 0.5) is 0 Å². The minimum Gasteiger partial charge on any atom is -0.497 e. The van der Waals surface area contributed by atoms with Crippen molar-refractivity contribution in [2.75, 3.05) is 20.2 Å². The molecule has 24 heavy (non-hydrogen) atoms. The van der Waals surface area contributed by atoms with Crippen LogP contribution in [0.15, 0.2) is 54.6 Å². The molecule has 0 heterocycles. The molecule has 2 aromatic rings. The van der Waals surface area contributed by atoms with Gasteiger partial charge < -0.3 is 15.0 Å². The van der Waals surface area contributed by atoms with Gasteiger partial charge in [0.1, 0.15) is 5.75 Å². The van der Waals surface area contributed by atoms with Crippen molar-refractivity contribution in [3.63, 3.8) is 0 Å². The van der Waals surface area contributed by atoms with Gasteiger partial charge in [-0.05, 0) is 30.7 Å². The van der Waals surface area contributed by atoms with Crippen LogP contribution in [-0.4, -0.2) is 36.9 Å². The zero-order valence-corrected chi connectivity index (χ0v) is 14.0. The minimum absolute atomic E-state index is 0.0310. The maximum atomic E-state index is 12.3. The average molecular weight is 326 g/mol. The second kappa shape index (κ2) is 8.72. The van der Waals surface area contributed by atoms with Gasteiger partial charge in [0.2, 0.25) is 5.91 Å². The number of nitrogens with zero attached hydrogens (tertiary/aromatic N) is 1. The molecule has 5 heteroatoms. The van der Waals surface area contributed by atoms with Crippen molar-refractivity contribution >= 4 is 11.8 Å². The van der Waals surface area contributed by atoms with Crippen LogP contribution < -0.4 is 10.1 Å². The molecule has 1 N–H and O–H groups in total. The number of hydrogen-bond donors (Lipinski definition) is 1. The van der Waals surface area contributed by atoms with Crippen LogP contribution in [0.2, 0.25) is 0 Å². The highest BCUT2D eigenvalue weighted by atomic mass is 16.5. The second-order valence-corrected chi connectivity index (χ2v) is 5.31. The lowest BCUT2D eigenvalue weighted by Gasteiger charge is -2.21. The molecule has 126 valence electrons. The number of likely N-dealkylation sites (N-methyl/N-ethyl adjacent to an activating group) is 1. The number of rotatable bonds is 7. The maximum absolute atomic E-state index is 12.3. The van der Waals surface area contributed by atoms with Crippen LogP contribution in [-0.2, 0) is 11.3 Å². The fraction of sp³-hybridized carbons (Fsp3) is 0.263. The first-order valence-corrected chi connectivity index (χ1v) is 7.88. The van der Waals surface area contributed by atoms with Crippen molar-refractivity contribution in [3.8, 4) is 5.75 Å². The Balaban J connectivity index is 1.91. The van der Waals surface area contributed by atoms with Gasteiger partial charge in [0.15, 0.2) is 0 Å². The molecule has 0 unspecified atom stereocenters. The molecule has 0 aromatic heterocycles. The highest BCUT2D eigenvalue weighted by molar-refractivity contribution is 5.96. The quantitative estimate of drug-likeness (QED) is 0.850. The summed E-state index contributed by atoms with van der Waals surface area (Å²) in [5.74, 6) is 0.198. The summed E-state index contributed by atoms with van der Waals surface area (Å²) in [6, 6.07) is 16.6. The molecule has 0 saturated carbocycles. The van der Waals surface area contributed by atoms with Crippen LogP contribution in [0, 0.1) is 0 Å². The van der Waals surface area contributed by atoms with Gasteiger partial charge in [-0.3, -0.25) is 9.59 Å². The Morgan fingerprint density at radius 3 is 2.50 bits per heavy atom. The molecule has 0 atom stereocenters. The lowest BCUT2D eigenvalue weighted by atomic mass is 10.2. The fourth-order valence-corrected chi connectivity index (χ4v) is 2.31. The number of carbonyl (C=O) groups is 2. The van der Waals surface area contributed by atoms with E-state index in [0.29, 0.717) is 24.4 Å². The van der Waals surface area contributed by atoms with E-state index < -0.39 is 0 Å². The molecular weight excluding hydrogens is 304 g/mol. The third-order valence-electron chi connectivity index (χ3n) is 3.68. The van der Waals surface area contributed by atoms with E-state index in [0.717, 1.165) is 5.56 Å². The molecule has 0 aliphatic rings. The standard InChI is InChI=1S/C19H22N2O3/c1-3-21(14-15-8-5-4-6-9-15)18(22)13-20-19(23)16-10-7-11-17(12-16)24-2/h4-12H,3,13-14H2,1-2H3,(H,20,23). The number of benzene rings is 2. The summed E-state index contributed by atoms with van der Waals surface area (Å²) in [6.45, 7) is 3.01. The van der Waals surface area contributed by atoms with Gasteiger partial charge in [-0.2, -0.15) is 0 Å². The van der Waals surface area contributed by atoms with Crippen molar-refractivity contribution in [2.24, 2.45) is 0 Å². The largest absolute Gasteiger partial charge is 0.497 e. The van der Waals surface area contributed by atoms with Gasteiger partial charge in [-0.1, -0.05) is 36.4 Å². The van der Waals surface area contributed by atoms with Crippen LogP contribution >= 0.6 is 0 Å². The maximum Gasteiger partial charge on any atom is 0.251 e. The van der Waals surface area contributed by atoms with Crippen molar-refractivity contribution in [2.45, 2.75) is 13.5 Å². The van der Waals surface area contributed by atoms with Crippen LogP contribution in [0.3, 0.4) is 0 Å². The van der Waals surface area contributed by atoms with Crippen LogP contribution in [0.25, 0.3) is 0 Å². The van der Waals surface area contributed by atoms with E-state index in [1.807, 2.05) is 37.3 Å². The summed E-state index contributed by atoms with van der Waals surface area (Å²) in [5, 5.41) is 2.66. The van der Waals surface area contributed by atoms with Crippen molar-refractivity contribution in [1.29, 1.82) is 0 Å². The lowest BCUT2D eigenvalue weighted by molar-refractivity contribution is -0.130. The molecular formula is C19H22N2O3. The topological polar surface area (TPSA) is 58.6 Å². The molecule has 0 aliphatic carbocycles. The summed E-state index contributed by atoms with van der Waals surface area (Å²) >= 11 is 0. The van der Waals surface area contributed by atoms with Gasteiger partial charge in [-0.15, -0.1) is 0 Å². The summed E-state index contributed by atoms with van der Waals surface area (Å²) in [5.41, 5.74) is 1.53. The molecule has 0 bridgehead atoms. The predicted octanol–water partition coefficient (Wildman–Crippen LogP) is 2.47. The van der Waals surface area contributed by atoms with Crippen molar-refractivity contribution < 1.29 is 14.3 Å². The molecule has 0 fully saturated rings. The highest BCUT2D eigenvalue weighted by Crippen LogP contribution is 2.12. The Labute approximate surface area is 142 Å². The predicted molar refractivity (Wildman–Crippen MR) is 92.9 cm³/mol. The Bertz CT molecular complexity index is 686. The summed E-state index contributed by atoms with van der Waals surface area (Å²) in [6.07, 6.45) is 0. The highest BCUT2D eigenvalue weighted by Gasteiger charge is 2.14. The second-order valence-electron chi connectivity index (χ2n) is 5.31. The number of nitrogens with one attached hydrogen (secondary N) is 1. The Kier molecular flexibility index (Phi) is 6.37. The minimum atomic E-state index is -0.294. The Morgan fingerprint density at radius 1 is 1.08 bits per heavy atom. The number of hydrogen-bond acceptors (Lipinski definition) is 3. The molecule has 2 aromatic carbocycles. The first-order valence-electron chi connectivity index (χ1n) is 7.88. The smallest absolute Gasteiger partial charge is 0.251 e. The van der Waals surface area contributed by atoms with Crippen molar-refractivity contribution in [1.82, 2.24) is 10.2 Å². The first kappa shape index (κ1) is 17.5. The fourth-order valence-electron chi connectivity index (χ4n) is 2.31. The van der Waals surface area contributed by atoms with Crippen molar-refractivity contribution in [3.05, 3.63) is 65.7 Å². The zero-order chi connectivity index (χ0) is 17.4. The van der Waals surface area contributed by atoms with Gasteiger partial charge in [0, 0.05) is 18.7 Å². The molecule has 0 radical (unpaired) electrons. The number of methoxy groups -OCH3 is 1. The monoisotopic (exact) mass is 326 g/mol. The molecule has 2 amide bonds. The average Bonchev–Trinajstić information content (AvgIpc) is 2.64. The van der Waals surface area contributed by atoms with E-state index in [1.54, 1.807) is 36.3 Å². The Morgan fingerprint density at radius 2 is 1.83 bits per heavy atom. The van der Waals surface area contributed by atoms with E-state index in [-0.39, 0.29) is 18.4 Å². The van der Waals surface area contributed by atoms with E-state index >= 15 is 0 Å². The lowest BCUT2D eigenvalue weighted by Crippen LogP contribution is -2.39. The third-order valence-corrected chi connectivity index (χ3v) is 3.68. The van der Waals surface area contributed by atoms with Gasteiger partial charge in [-0.25, -0.2) is 0 Å². The zero-order valence-electron chi connectivity index (χ0n) is 14.0. The molecule has 0 spiro atoms. The summed E-state index contributed by atoms with van der Waals surface area (Å²) in [7, 11) is 1.54. The van der Waals surface area contributed by atoms with Gasteiger partial charge in [0.05, 0.1) is 13.7 Å². The van der Waals surface area contributed by atoms with E-state index in [1.165, 1.54) is 0 Å². The molecule has 0 saturated heterocycles. The molecule has 2 rings (SSSR count). The van der Waals surface area contributed by atoms with E-state index in [2.05, 4.69) is 5.32 Å². The molecule has 5 nitrogen and oxygen atoms in total. The van der Waals surface area contributed by atoms with E-state index in [4.69, 9.17) is 4.74 Å². The number of amides is 2. The van der Waals surface area contributed by atoms with Gasteiger partial charge >= 0.3 is 0 Å². The third kappa shape index (κ3) is 4.84. The summed E-state index contributed by atoms with van der Waals surface area (Å²) in [4.78, 5) is 26.2. The van der Waals surface area contributed by atoms with E-state index in [9.17, 15) is 9.59 Å². The van der Waals surface area contributed by atoms with Crippen LogP contribution in [0.5, 0.6) is 5.75 Å². The van der Waals surface area contributed by atoms with Crippen LogP contribution in [0.1, 0.15) is 22.8 Å². The van der Waals surface area contributed by atoms with Gasteiger partial charge in [0.25, 0.3) is 5.91 Å².